The van der Waals surface area contributed by atoms with Crippen LogP contribution in [0.5, 0.6) is 0 Å². The van der Waals surface area contributed by atoms with Crippen LogP contribution < -0.4 is 5.32 Å². The van der Waals surface area contributed by atoms with Crippen molar-refractivity contribution in [1.82, 2.24) is 4.90 Å². The summed E-state index contributed by atoms with van der Waals surface area (Å²) in [6.45, 7) is 2.39. The predicted octanol–water partition coefficient (Wildman–Crippen LogP) is 2.10. The van der Waals surface area contributed by atoms with E-state index >= 15 is 0 Å². The van der Waals surface area contributed by atoms with E-state index < -0.39 is 23.3 Å². The van der Waals surface area contributed by atoms with Crippen molar-refractivity contribution < 1.29 is 23.5 Å². The molecule has 5 nitrogen and oxygen atoms in total. The first kappa shape index (κ1) is 18.5. The van der Waals surface area contributed by atoms with E-state index in [1.807, 2.05) is 0 Å². The van der Waals surface area contributed by atoms with Gasteiger partial charge < -0.3 is 15.3 Å². The van der Waals surface area contributed by atoms with Gasteiger partial charge in [0.25, 0.3) is 5.91 Å². The van der Waals surface area contributed by atoms with Crippen molar-refractivity contribution in [3.8, 4) is 0 Å². The maximum atomic E-state index is 13.0. The number of nitrogens with zero attached hydrogens (tertiary/aromatic N) is 1. The highest BCUT2D eigenvalue weighted by molar-refractivity contribution is 6.40. The zero-order valence-electron chi connectivity index (χ0n) is 13.4. The standard InChI is InChI=1S/C17H22F2N2O3/c18-14-7-6-12(10-15(14)19)20-17(24)16(23)5-1-2-8-21-9-3-4-13(22)11-21/h6-7,10,13,22H,1-5,8-9,11H2,(H,20,24). The van der Waals surface area contributed by atoms with Gasteiger partial charge >= 0.3 is 0 Å². The van der Waals surface area contributed by atoms with Crippen LogP contribution in [0.3, 0.4) is 0 Å². The fourth-order valence-corrected chi connectivity index (χ4v) is 2.74. The molecular formula is C17H22F2N2O3. The van der Waals surface area contributed by atoms with Gasteiger partial charge in [-0.25, -0.2) is 8.78 Å². The van der Waals surface area contributed by atoms with Crippen molar-refractivity contribution in [3.05, 3.63) is 29.8 Å². The Morgan fingerprint density at radius 1 is 1.25 bits per heavy atom. The van der Waals surface area contributed by atoms with Gasteiger partial charge in [0.05, 0.1) is 6.10 Å². The van der Waals surface area contributed by atoms with E-state index in [1.54, 1.807) is 0 Å². The van der Waals surface area contributed by atoms with Crippen LogP contribution in [0.2, 0.25) is 0 Å². The average molecular weight is 340 g/mol. The number of aliphatic hydroxyl groups excluding tert-OH is 1. The largest absolute Gasteiger partial charge is 0.392 e. The van der Waals surface area contributed by atoms with Gasteiger partial charge in [-0.1, -0.05) is 0 Å². The van der Waals surface area contributed by atoms with Crippen molar-refractivity contribution in [3.63, 3.8) is 0 Å². The number of hydrogen-bond donors (Lipinski definition) is 2. The zero-order valence-corrected chi connectivity index (χ0v) is 13.4. The lowest BCUT2D eigenvalue weighted by Crippen LogP contribution is -2.38. The van der Waals surface area contributed by atoms with E-state index in [4.69, 9.17) is 0 Å². The topological polar surface area (TPSA) is 69.6 Å². The summed E-state index contributed by atoms with van der Waals surface area (Å²) < 4.78 is 25.9. The summed E-state index contributed by atoms with van der Waals surface area (Å²) in [6, 6.07) is 2.93. The Hall–Kier alpha value is -1.86. The van der Waals surface area contributed by atoms with E-state index in [0.29, 0.717) is 13.0 Å². The first-order chi connectivity index (χ1) is 11.5. The van der Waals surface area contributed by atoms with Crippen LogP contribution in [0.15, 0.2) is 18.2 Å². The Labute approximate surface area is 139 Å². The Balaban J connectivity index is 1.68. The number of aliphatic hydroxyl groups is 1. The number of rotatable bonds is 7. The average Bonchev–Trinajstić information content (AvgIpc) is 2.55. The molecule has 1 unspecified atom stereocenters. The van der Waals surface area contributed by atoms with Crippen LogP contribution in [-0.2, 0) is 9.59 Å². The molecule has 1 fully saturated rings. The van der Waals surface area contributed by atoms with Crippen LogP contribution in [0, 0.1) is 11.6 Å². The third-order valence-electron chi connectivity index (χ3n) is 4.04. The number of nitrogens with one attached hydrogen (secondary N) is 1. The van der Waals surface area contributed by atoms with Crippen molar-refractivity contribution in [1.29, 1.82) is 0 Å². The van der Waals surface area contributed by atoms with Gasteiger partial charge in [0.1, 0.15) is 0 Å². The second kappa shape index (κ2) is 8.84. The van der Waals surface area contributed by atoms with Crippen molar-refractivity contribution in [2.45, 2.75) is 38.2 Å². The summed E-state index contributed by atoms with van der Waals surface area (Å²) in [7, 11) is 0. The van der Waals surface area contributed by atoms with E-state index in [9.17, 15) is 23.5 Å². The van der Waals surface area contributed by atoms with Gasteiger partial charge in [0, 0.05) is 24.7 Å². The second-order valence-electron chi connectivity index (χ2n) is 6.06. The van der Waals surface area contributed by atoms with Crippen molar-refractivity contribution in [2.75, 3.05) is 25.0 Å². The number of amides is 1. The van der Waals surface area contributed by atoms with Gasteiger partial charge in [-0.05, 0) is 50.9 Å². The summed E-state index contributed by atoms with van der Waals surface area (Å²) in [6.07, 6.45) is 2.96. The molecule has 0 radical (unpaired) electrons. The molecule has 1 saturated heterocycles. The number of Topliss-reactive ketones (excluding diaryl/α,β-unsaturated/α-hetero) is 1. The fraction of sp³-hybridized carbons (Fsp3) is 0.529. The van der Waals surface area contributed by atoms with E-state index in [1.165, 1.54) is 6.07 Å². The number of halogens is 2. The van der Waals surface area contributed by atoms with Crippen LogP contribution in [0.4, 0.5) is 14.5 Å². The Morgan fingerprint density at radius 2 is 2.04 bits per heavy atom. The van der Waals surface area contributed by atoms with Crippen LogP contribution >= 0.6 is 0 Å². The molecule has 2 rings (SSSR count). The predicted molar refractivity (Wildman–Crippen MR) is 85.5 cm³/mol. The number of carbonyl (C=O) groups is 2. The number of anilines is 1. The lowest BCUT2D eigenvalue weighted by Gasteiger charge is -2.29. The van der Waals surface area contributed by atoms with E-state index in [-0.39, 0.29) is 18.2 Å². The normalized spacial score (nSPS) is 18.4. The quantitative estimate of drug-likeness (QED) is 0.589. The molecule has 0 saturated carbocycles. The number of ketones is 1. The van der Waals surface area contributed by atoms with Gasteiger partial charge in [-0.2, -0.15) is 0 Å². The highest BCUT2D eigenvalue weighted by atomic mass is 19.2. The molecule has 0 aliphatic carbocycles. The lowest BCUT2D eigenvalue weighted by molar-refractivity contribution is -0.134. The van der Waals surface area contributed by atoms with Crippen LogP contribution in [0.1, 0.15) is 32.1 Å². The second-order valence-corrected chi connectivity index (χ2v) is 6.06. The molecule has 1 aliphatic heterocycles. The zero-order chi connectivity index (χ0) is 17.5. The molecule has 132 valence electrons. The number of benzene rings is 1. The molecule has 0 bridgehead atoms. The first-order valence-electron chi connectivity index (χ1n) is 8.15. The first-order valence-corrected chi connectivity index (χ1v) is 8.15. The molecule has 1 amide bonds. The Kier molecular flexibility index (Phi) is 6.81. The minimum atomic E-state index is -1.08. The van der Waals surface area contributed by atoms with E-state index in [0.717, 1.165) is 44.5 Å². The molecule has 1 aliphatic rings. The summed E-state index contributed by atoms with van der Waals surface area (Å²) in [5.41, 5.74) is 0.0505. The Morgan fingerprint density at radius 3 is 2.75 bits per heavy atom. The third-order valence-corrected chi connectivity index (χ3v) is 4.04. The van der Waals surface area contributed by atoms with Gasteiger partial charge in [0.2, 0.25) is 5.78 Å². The van der Waals surface area contributed by atoms with E-state index in [2.05, 4.69) is 10.2 Å². The smallest absolute Gasteiger partial charge is 0.291 e. The Bertz CT molecular complexity index is 595. The maximum Gasteiger partial charge on any atom is 0.291 e. The minimum absolute atomic E-state index is 0.0505. The molecule has 7 heteroatoms. The van der Waals surface area contributed by atoms with Gasteiger partial charge in [-0.3, -0.25) is 9.59 Å². The number of piperidine rings is 1. The number of β-amino-alcohol motifs (C(OH)–C–C–N with tert-alkyl or cyclic N) is 1. The summed E-state index contributed by atoms with van der Waals surface area (Å²) >= 11 is 0. The summed E-state index contributed by atoms with van der Waals surface area (Å²) in [5, 5.41) is 11.8. The molecule has 1 aromatic rings. The number of carbonyl (C=O) groups excluding carboxylic acids is 2. The van der Waals surface area contributed by atoms with Gasteiger partial charge in [-0.15, -0.1) is 0 Å². The number of likely N-dealkylation sites (tertiary alicyclic amines) is 1. The van der Waals surface area contributed by atoms with Crippen molar-refractivity contribution >= 4 is 17.4 Å². The summed E-state index contributed by atoms with van der Waals surface area (Å²) in [4.78, 5) is 25.6. The fourth-order valence-electron chi connectivity index (χ4n) is 2.74. The van der Waals surface area contributed by atoms with Gasteiger partial charge in [0.15, 0.2) is 11.6 Å². The molecule has 0 spiro atoms. The molecule has 2 N–H and O–H groups in total. The van der Waals surface area contributed by atoms with Crippen LogP contribution in [0.25, 0.3) is 0 Å². The van der Waals surface area contributed by atoms with Crippen molar-refractivity contribution in [2.24, 2.45) is 0 Å². The molecule has 24 heavy (non-hydrogen) atoms. The third kappa shape index (κ3) is 5.65. The molecular weight excluding hydrogens is 318 g/mol. The summed E-state index contributed by atoms with van der Waals surface area (Å²) in [5.74, 6) is -3.50. The molecule has 1 heterocycles. The molecule has 0 aromatic heterocycles. The lowest BCUT2D eigenvalue weighted by atomic mass is 10.1. The minimum Gasteiger partial charge on any atom is -0.392 e. The number of unbranched alkanes of at least 4 members (excludes halogenated alkanes) is 1. The highest BCUT2D eigenvalue weighted by Gasteiger charge is 2.18. The number of hydrogen-bond acceptors (Lipinski definition) is 4. The SMILES string of the molecule is O=C(CCCCN1CCCC(O)C1)C(=O)Nc1ccc(F)c(F)c1. The molecule has 1 aromatic carbocycles. The monoisotopic (exact) mass is 340 g/mol. The highest BCUT2D eigenvalue weighted by Crippen LogP contribution is 2.14. The maximum absolute atomic E-state index is 13.0. The molecule has 1 atom stereocenters. The van der Waals surface area contributed by atoms with Crippen LogP contribution in [-0.4, -0.2) is 47.4 Å².